The summed E-state index contributed by atoms with van der Waals surface area (Å²) in [5.41, 5.74) is 0. The summed E-state index contributed by atoms with van der Waals surface area (Å²) in [5.74, 6) is 0.226. The fraction of sp³-hybridized carbons (Fsp3) is 0.889. The maximum Gasteiger partial charge on any atom is 0.223 e. The number of hydrogen-bond donors (Lipinski definition) is 2. The van der Waals surface area contributed by atoms with Crippen molar-refractivity contribution in [3.05, 3.63) is 0 Å². The fourth-order valence-electron chi connectivity index (χ4n) is 1.63. The van der Waals surface area contributed by atoms with Crippen LogP contribution >= 0.6 is 0 Å². The Morgan fingerprint density at radius 2 is 2.23 bits per heavy atom. The Morgan fingerprint density at radius 3 is 2.69 bits per heavy atom. The molecule has 1 amide bonds. The van der Waals surface area contributed by atoms with E-state index in [1.165, 1.54) is 0 Å². The number of hydrogen-bond acceptors (Lipinski definition) is 3. The minimum absolute atomic E-state index is 0.186. The minimum atomic E-state index is 0.186. The second-order valence-electron chi connectivity index (χ2n) is 3.21. The van der Waals surface area contributed by atoms with Crippen molar-refractivity contribution >= 4 is 5.91 Å². The van der Waals surface area contributed by atoms with Gasteiger partial charge in [-0.25, -0.2) is 0 Å². The van der Waals surface area contributed by atoms with E-state index in [-0.39, 0.29) is 12.1 Å². The maximum absolute atomic E-state index is 11.5. The van der Waals surface area contributed by atoms with E-state index in [0.717, 1.165) is 26.2 Å². The summed E-state index contributed by atoms with van der Waals surface area (Å²) in [4.78, 5) is 13.4. The summed E-state index contributed by atoms with van der Waals surface area (Å²) in [6.07, 6.45) is 0.776. The molecule has 1 rings (SSSR count). The number of nitrogens with one attached hydrogen (secondary N) is 2. The molecular formula is C9H19N3O. The Labute approximate surface area is 79.7 Å². The van der Waals surface area contributed by atoms with Crippen molar-refractivity contribution in [3.63, 3.8) is 0 Å². The molecule has 4 heteroatoms. The molecule has 0 aromatic rings. The molecule has 1 aliphatic heterocycles. The van der Waals surface area contributed by atoms with Gasteiger partial charge >= 0.3 is 0 Å². The van der Waals surface area contributed by atoms with Crippen LogP contribution in [0.5, 0.6) is 0 Å². The number of piperazine rings is 1. The molecule has 0 radical (unpaired) electrons. The van der Waals surface area contributed by atoms with E-state index >= 15 is 0 Å². The molecule has 0 aromatic heterocycles. The Morgan fingerprint density at radius 1 is 1.46 bits per heavy atom. The third-order valence-electron chi connectivity index (χ3n) is 2.36. The van der Waals surface area contributed by atoms with Crippen LogP contribution in [-0.4, -0.2) is 43.2 Å². The van der Waals surface area contributed by atoms with Gasteiger partial charge in [-0.3, -0.25) is 10.1 Å². The molecule has 0 spiro atoms. The first kappa shape index (κ1) is 10.5. The van der Waals surface area contributed by atoms with Crippen molar-refractivity contribution in [1.29, 1.82) is 0 Å². The predicted octanol–water partition coefficient (Wildman–Crippen LogP) is -0.236. The van der Waals surface area contributed by atoms with Crippen LogP contribution < -0.4 is 10.6 Å². The van der Waals surface area contributed by atoms with Gasteiger partial charge in [-0.15, -0.1) is 0 Å². The highest BCUT2D eigenvalue weighted by molar-refractivity contribution is 5.76. The zero-order valence-electron chi connectivity index (χ0n) is 8.47. The van der Waals surface area contributed by atoms with Gasteiger partial charge in [0.2, 0.25) is 5.91 Å². The molecule has 1 fully saturated rings. The molecule has 0 aliphatic carbocycles. The average Bonchev–Trinajstić information content (AvgIpc) is 2.20. The van der Waals surface area contributed by atoms with Crippen molar-refractivity contribution < 1.29 is 4.79 Å². The summed E-state index contributed by atoms with van der Waals surface area (Å²) in [6, 6.07) is 0. The van der Waals surface area contributed by atoms with Crippen molar-refractivity contribution in [2.45, 2.75) is 26.4 Å². The molecular weight excluding hydrogens is 166 g/mol. The number of nitrogens with zero attached hydrogens (tertiary/aromatic N) is 1. The molecule has 4 nitrogen and oxygen atoms in total. The van der Waals surface area contributed by atoms with Gasteiger partial charge in [0.15, 0.2) is 0 Å². The topological polar surface area (TPSA) is 44.4 Å². The SMILES string of the molecule is CCC(=O)N(CC)C1CNCCN1. The van der Waals surface area contributed by atoms with E-state index in [2.05, 4.69) is 10.6 Å². The van der Waals surface area contributed by atoms with Gasteiger partial charge in [-0.2, -0.15) is 0 Å². The van der Waals surface area contributed by atoms with Crippen LogP contribution in [0.3, 0.4) is 0 Å². The van der Waals surface area contributed by atoms with Gasteiger partial charge in [0, 0.05) is 32.6 Å². The fourth-order valence-corrected chi connectivity index (χ4v) is 1.63. The van der Waals surface area contributed by atoms with E-state index in [1.807, 2.05) is 18.7 Å². The van der Waals surface area contributed by atoms with E-state index < -0.39 is 0 Å². The highest BCUT2D eigenvalue weighted by atomic mass is 16.2. The van der Waals surface area contributed by atoms with Gasteiger partial charge in [0.1, 0.15) is 0 Å². The lowest BCUT2D eigenvalue weighted by Gasteiger charge is -2.34. The molecule has 0 aromatic carbocycles. The lowest BCUT2D eigenvalue weighted by atomic mass is 10.3. The monoisotopic (exact) mass is 185 g/mol. The van der Waals surface area contributed by atoms with E-state index in [1.54, 1.807) is 0 Å². The zero-order valence-corrected chi connectivity index (χ0v) is 8.47. The van der Waals surface area contributed by atoms with E-state index in [9.17, 15) is 4.79 Å². The first-order chi connectivity index (χ1) is 6.29. The Bertz CT molecular complexity index is 166. The van der Waals surface area contributed by atoms with Gasteiger partial charge in [-0.05, 0) is 6.92 Å². The molecule has 1 unspecified atom stereocenters. The largest absolute Gasteiger partial charge is 0.326 e. The maximum atomic E-state index is 11.5. The minimum Gasteiger partial charge on any atom is -0.326 e. The van der Waals surface area contributed by atoms with Crippen LogP contribution in [0.25, 0.3) is 0 Å². The van der Waals surface area contributed by atoms with Gasteiger partial charge in [0.05, 0.1) is 6.17 Å². The molecule has 1 atom stereocenters. The molecule has 76 valence electrons. The van der Waals surface area contributed by atoms with Crippen molar-refractivity contribution in [3.8, 4) is 0 Å². The molecule has 1 saturated heterocycles. The first-order valence-electron chi connectivity index (χ1n) is 5.03. The lowest BCUT2D eigenvalue weighted by molar-refractivity contribution is -0.133. The second-order valence-corrected chi connectivity index (χ2v) is 3.21. The van der Waals surface area contributed by atoms with Gasteiger partial charge in [-0.1, -0.05) is 6.92 Å². The molecule has 2 N–H and O–H groups in total. The van der Waals surface area contributed by atoms with E-state index in [0.29, 0.717) is 6.42 Å². The Kier molecular flexibility index (Phi) is 4.18. The lowest BCUT2D eigenvalue weighted by Crippen LogP contribution is -2.58. The van der Waals surface area contributed by atoms with Gasteiger partial charge < -0.3 is 10.2 Å². The normalized spacial score (nSPS) is 22.8. The first-order valence-corrected chi connectivity index (χ1v) is 5.03. The van der Waals surface area contributed by atoms with Gasteiger partial charge in [0.25, 0.3) is 0 Å². The summed E-state index contributed by atoms with van der Waals surface area (Å²) < 4.78 is 0. The number of amides is 1. The third-order valence-corrected chi connectivity index (χ3v) is 2.36. The number of rotatable bonds is 3. The number of carbonyl (C=O) groups excluding carboxylic acids is 1. The summed E-state index contributed by atoms with van der Waals surface area (Å²) >= 11 is 0. The summed E-state index contributed by atoms with van der Waals surface area (Å²) in [7, 11) is 0. The second kappa shape index (κ2) is 5.19. The van der Waals surface area contributed by atoms with Crippen LogP contribution in [0.1, 0.15) is 20.3 Å². The third kappa shape index (κ3) is 2.67. The summed E-state index contributed by atoms with van der Waals surface area (Å²) in [5, 5.41) is 6.60. The Hall–Kier alpha value is -0.610. The molecule has 13 heavy (non-hydrogen) atoms. The molecule has 0 saturated carbocycles. The number of carbonyl (C=O) groups is 1. The van der Waals surface area contributed by atoms with Crippen LogP contribution in [0.15, 0.2) is 0 Å². The van der Waals surface area contributed by atoms with Crippen molar-refractivity contribution in [2.24, 2.45) is 0 Å². The van der Waals surface area contributed by atoms with E-state index in [4.69, 9.17) is 0 Å². The van der Waals surface area contributed by atoms with Crippen molar-refractivity contribution in [2.75, 3.05) is 26.2 Å². The smallest absolute Gasteiger partial charge is 0.223 e. The van der Waals surface area contributed by atoms with Crippen LogP contribution in [0.2, 0.25) is 0 Å². The molecule has 1 heterocycles. The standard InChI is InChI=1S/C9H19N3O/c1-3-9(13)12(4-2)8-7-10-5-6-11-8/h8,10-11H,3-7H2,1-2H3. The highest BCUT2D eigenvalue weighted by Gasteiger charge is 2.21. The quantitative estimate of drug-likeness (QED) is 0.638. The Balaban J connectivity index is 2.48. The van der Waals surface area contributed by atoms with Crippen LogP contribution in [-0.2, 0) is 4.79 Å². The predicted molar refractivity (Wildman–Crippen MR) is 52.3 cm³/mol. The van der Waals surface area contributed by atoms with Crippen LogP contribution in [0.4, 0.5) is 0 Å². The van der Waals surface area contributed by atoms with Crippen LogP contribution in [0, 0.1) is 0 Å². The molecule has 0 bridgehead atoms. The summed E-state index contributed by atoms with van der Waals surface area (Å²) in [6.45, 7) is 7.50. The van der Waals surface area contributed by atoms with Crippen molar-refractivity contribution in [1.82, 2.24) is 15.5 Å². The average molecular weight is 185 g/mol. The molecule has 1 aliphatic rings. The zero-order chi connectivity index (χ0) is 9.68. The number of likely N-dealkylation sites (N-methyl/N-ethyl adjacent to an activating group) is 1. The highest BCUT2D eigenvalue weighted by Crippen LogP contribution is 2.00.